The van der Waals surface area contributed by atoms with Gasteiger partial charge in [-0.25, -0.2) is 8.42 Å². The Morgan fingerprint density at radius 1 is 0.871 bits per heavy atom. The molecule has 3 rings (SSSR count). The van der Waals surface area contributed by atoms with Gasteiger partial charge in [0.15, 0.2) is 5.71 Å². The third-order valence-corrected chi connectivity index (χ3v) is 5.90. The fourth-order valence-electron chi connectivity index (χ4n) is 3.24. The Morgan fingerprint density at radius 2 is 1.45 bits per heavy atom. The minimum atomic E-state index is -4.71. The first-order valence-electron chi connectivity index (χ1n) is 9.01. The molecule has 2 aromatic carbocycles. The standard InChI is InChI=1S/C21H20N2O6S2/c22-19-7-3-14(4-8-19)21(15-5-9-20(23)10-6-15)16-1-2-17(12-30(24,25)26)18(11-16)13-31(27,28)29/h1-11,22H,12-13,23H2,(H,24,25,26)(H,27,28,29). The van der Waals surface area contributed by atoms with Crippen molar-refractivity contribution in [1.82, 2.24) is 0 Å². The zero-order valence-electron chi connectivity index (χ0n) is 16.2. The van der Waals surface area contributed by atoms with Crippen LogP contribution in [-0.4, -0.2) is 31.7 Å². The molecule has 0 amide bonds. The summed E-state index contributed by atoms with van der Waals surface area (Å²) < 4.78 is 66.1. The molecule has 10 heteroatoms. The molecule has 162 valence electrons. The highest BCUT2D eigenvalue weighted by molar-refractivity contribution is 7.85. The first-order chi connectivity index (χ1) is 14.4. The summed E-state index contributed by atoms with van der Waals surface area (Å²) in [5, 5.41) is 5.79. The van der Waals surface area contributed by atoms with Crippen LogP contribution in [0.5, 0.6) is 0 Å². The Morgan fingerprint density at radius 3 is 2.00 bits per heavy atom. The lowest BCUT2D eigenvalue weighted by atomic mass is 9.89. The van der Waals surface area contributed by atoms with E-state index >= 15 is 0 Å². The van der Waals surface area contributed by atoms with Crippen molar-refractivity contribution in [2.24, 2.45) is 0 Å². The largest absolute Gasteiger partial charge is 0.748 e. The number of nitrogens with two attached hydrogens (primary N) is 2. The molecule has 0 radical (unpaired) electrons. The van der Waals surface area contributed by atoms with Crippen LogP contribution >= 0.6 is 0 Å². The van der Waals surface area contributed by atoms with Crippen LogP contribution < -0.4 is 11.1 Å². The van der Waals surface area contributed by atoms with Crippen LogP contribution in [0.2, 0.25) is 0 Å². The summed E-state index contributed by atoms with van der Waals surface area (Å²) in [6, 6.07) is 11.4. The number of nitrogen functional groups attached to an aromatic ring is 1. The van der Waals surface area contributed by atoms with E-state index < -0.39 is 31.7 Å². The van der Waals surface area contributed by atoms with E-state index in [1.54, 1.807) is 54.6 Å². The minimum Gasteiger partial charge on any atom is -0.748 e. The number of anilines is 1. The molecule has 0 unspecified atom stereocenters. The normalized spacial score (nSPS) is 14.1. The van der Waals surface area contributed by atoms with Crippen molar-refractivity contribution in [3.8, 4) is 0 Å². The van der Waals surface area contributed by atoms with Crippen molar-refractivity contribution in [1.29, 1.82) is 0 Å². The van der Waals surface area contributed by atoms with Crippen LogP contribution in [0.1, 0.15) is 22.3 Å². The molecule has 0 aromatic heterocycles. The highest BCUT2D eigenvalue weighted by Crippen LogP contribution is 2.32. The SMILES string of the molecule is Nc1ccc(C(=C2C=CC(=[NH2+])C=C2)c2ccc(CS(=O)(=O)O)c(CS(=O)(=O)[O-])c2)cc1. The van der Waals surface area contributed by atoms with Crippen LogP contribution in [0.25, 0.3) is 5.57 Å². The third kappa shape index (κ3) is 6.22. The first kappa shape index (κ1) is 22.6. The van der Waals surface area contributed by atoms with Gasteiger partial charge in [0.1, 0.15) is 5.75 Å². The van der Waals surface area contributed by atoms with Gasteiger partial charge in [-0.15, -0.1) is 0 Å². The van der Waals surface area contributed by atoms with Crippen LogP contribution in [0, 0.1) is 0 Å². The van der Waals surface area contributed by atoms with Crippen molar-refractivity contribution < 1.29 is 31.4 Å². The Bertz CT molecular complexity index is 1320. The van der Waals surface area contributed by atoms with Crippen molar-refractivity contribution in [3.63, 3.8) is 0 Å². The second-order valence-corrected chi connectivity index (χ2v) is 9.89. The summed E-state index contributed by atoms with van der Waals surface area (Å²) in [5.74, 6) is -1.72. The number of hydrogen-bond donors (Lipinski definition) is 3. The fraction of sp³-hybridized carbons (Fsp3) is 0.0952. The van der Waals surface area contributed by atoms with Gasteiger partial charge in [-0.1, -0.05) is 24.3 Å². The smallest absolute Gasteiger partial charge is 0.269 e. The summed E-state index contributed by atoms with van der Waals surface area (Å²) in [7, 11) is -9.14. The van der Waals surface area contributed by atoms with Gasteiger partial charge in [0.2, 0.25) is 0 Å². The molecule has 8 nitrogen and oxygen atoms in total. The first-order valence-corrected chi connectivity index (χ1v) is 12.2. The molecular weight excluding hydrogens is 440 g/mol. The lowest BCUT2D eigenvalue weighted by Crippen LogP contribution is -2.37. The minimum absolute atomic E-state index is 0.00600. The van der Waals surface area contributed by atoms with Gasteiger partial charge in [0.05, 0.1) is 15.9 Å². The predicted molar refractivity (Wildman–Crippen MR) is 117 cm³/mol. The van der Waals surface area contributed by atoms with Crippen LogP contribution in [-0.2, 0) is 31.7 Å². The topological polar surface area (TPSA) is 163 Å². The predicted octanol–water partition coefficient (Wildman–Crippen LogP) is 0.830. The van der Waals surface area contributed by atoms with Gasteiger partial charge in [0, 0.05) is 17.8 Å². The monoisotopic (exact) mass is 460 g/mol. The molecule has 1 aliphatic carbocycles. The molecule has 1 aliphatic rings. The number of allylic oxidation sites excluding steroid dienone is 5. The summed E-state index contributed by atoms with van der Waals surface area (Å²) in [6.07, 6.45) is 7.00. The van der Waals surface area contributed by atoms with Gasteiger partial charge in [-0.3, -0.25) is 9.96 Å². The maximum Gasteiger partial charge on any atom is 0.269 e. The maximum absolute atomic E-state index is 11.4. The molecule has 31 heavy (non-hydrogen) atoms. The van der Waals surface area contributed by atoms with Crippen molar-refractivity contribution in [2.75, 3.05) is 5.73 Å². The average Bonchev–Trinajstić information content (AvgIpc) is 2.65. The lowest BCUT2D eigenvalue weighted by Gasteiger charge is -2.17. The fourth-order valence-corrected chi connectivity index (χ4v) is 4.57. The third-order valence-electron chi connectivity index (χ3n) is 4.56. The quantitative estimate of drug-likeness (QED) is 0.424. The Kier molecular flexibility index (Phi) is 6.27. The number of benzene rings is 2. The van der Waals surface area contributed by atoms with E-state index in [-0.39, 0.29) is 11.1 Å². The molecule has 5 N–H and O–H groups in total. The van der Waals surface area contributed by atoms with E-state index in [0.29, 0.717) is 22.5 Å². The summed E-state index contributed by atoms with van der Waals surface area (Å²) >= 11 is 0. The lowest BCUT2D eigenvalue weighted by molar-refractivity contribution is -0.110. The summed E-state index contributed by atoms with van der Waals surface area (Å²) in [4.78, 5) is 0. The van der Waals surface area contributed by atoms with Crippen LogP contribution in [0.3, 0.4) is 0 Å². The molecule has 2 aromatic rings. The zero-order chi connectivity index (χ0) is 22.8. The molecule has 0 spiro atoms. The van der Waals surface area contributed by atoms with E-state index in [2.05, 4.69) is 0 Å². The second kappa shape index (κ2) is 8.60. The molecule has 0 atom stereocenters. The van der Waals surface area contributed by atoms with Gasteiger partial charge >= 0.3 is 0 Å². The maximum atomic E-state index is 11.4. The van der Waals surface area contributed by atoms with Crippen molar-refractivity contribution in [2.45, 2.75) is 11.5 Å². The van der Waals surface area contributed by atoms with Crippen LogP contribution in [0.4, 0.5) is 5.69 Å². The Hall–Kier alpha value is -3.05. The van der Waals surface area contributed by atoms with Gasteiger partial charge in [-0.2, -0.15) is 8.42 Å². The molecule has 0 saturated heterocycles. The van der Waals surface area contributed by atoms with Crippen molar-refractivity contribution >= 4 is 37.2 Å². The highest BCUT2D eigenvalue weighted by Gasteiger charge is 2.17. The highest BCUT2D eigenvalue weighted by atomic mass is 32.2. The molecule has 0 bridgehead atoms. The van der Waals surface area contributed by atoms with E-state index in [9.17, 15) is 25.9 Å². The van der Waals surface area contributed by atoms with E-state index in [1.165, 1.54) is 12.1 Å². The average molecular weight is 461 g/mol. The second-order valence-electron chi connectivity index (χ2n) is 7.03. The van der Waals surface area contributed by atoms with Crippen molar-refractivity contribution in [3.05, 3.63) is 94.6 Å². The van der Waals surface area contributed by atoms with Gasteiger partial charge in [-0.05, 0) is 63.8 Å². The zero-order valence-corrected chi connectivity index (χ0v) is 17.9. The molecular formula is C21H20N2O6S2. The van der Waals surface area contributed by atoms with Crippen LogP contribution in [0.15, 0.2) is 72.3 Å². The summed E-state index contributed by atoms with van der Waals surface area (Å²) in [5.41, 5.74) is 9.69. The Labute approximate surface area is 180 Å². The van der Waals surface area contributed by atoms with Gasteiger partial charge in [0.25, 0.3) is 10.1 Å². The molecule has 0 fully saturated rings. The summed E-state index contributed by atoms with van der Waals surface area (Å²) in [6.45, 7) is 0. The number of rotatable bonds is 6. The molecule has 0 saturated carbocycles. The molecule has 0 aliphatic heterocycles. The number of hydrogen-bond acceptors (Lipinski definition) is 6. The van der Waals surface area contributed by atoms with E-state index in [1.807, 2.05) is 0 Å². The van der Waals surface area contributed by atoms with Gasteiger partial charge < -0.3 is 10.3 Å². The van der Waals surface area contributed by atoms with E-state index in [4.69, 9.17) is 11.1 Å². The Balaban J connectivity index is 2.24. The van der Waals surface area contributed by atoms with E-state index in [0.717, 1.165) is 11.1 Å². The molecule has 0 heterocycles.